The number of aryl methyl sites for hydroxylation is 1. The van der Waals surface area contributed by atoms with Gasteiger partial charge in [0.1, 0.15) is 5.82 Å². The van der Waals surface area contributed by atoms with E-state index in [0.717, 1.165) is 24.0 Å². The molecule has 7 nitrogen and oxygen atoms in total. The van der Waals surface area contributed by atoms with Crippen LogP contribution in [0.3, 0.4) is 0 Å². The van der Waals surface area contributed by atoms with Gasteiger partial charge in [-0.3, -0.25) is 19.3 Å². The average Bonchev–Trinajstić information content (AvgIpc) is 2.96. The van der Waals surface area contributed by atoms with Gasteiger partial charge in [0.05, 0.1) is 17.5 Å². The van der Waals surface area contributed by atoms with E-state index in [2.05, 4.69) is 11.4 Å². The number of hydrogen-bond donors (Lipinski definition) is 3. The molecule has 5 N–H and O–H groups in total. The topological polar surface area (TPSA) is 119 Å². The minimum absolute atomic E-state index is 0.0728. The van der Waals surface area contributed by atoms with Crippen LogP contribution in [0.1, 0.15) is 58.5 Å². The summed E-state index contributed by atoms with van der Waals surface area (Å²) in [5.74, 6) is -0.935. The smallest absolute Gasteiger partial charge is 0.262 e. The van der Waals surface area contributed by atoms with Gasteiger partial charge < -0.3 is 16.8 Å². The monoisotopic (exact) mass is 420 g/mol. The molecule has 7 heteroatoms. The zero-order chi connectivity index (χ0) is 22.7. The Hall–Kier alpha value is -3.61. The average molecular weight is 421 g/mol. The molecule has 162 valence electrons. The summed E-state index contributed by atoms with van der Waals surface area (Å²) in [5.41, 5.74) is 15.4. The van der Waals surface area contributed by atoms with Crippen molar-refractivity contribution in [2.75, 3.05) is 0 Å². The van der Waals surface area contributed by atoms with Crippen molar-refractivity contribution in [3.63, 3.8) is 0 Å². The van der Waals surface area contributed by atoms with Gasteiger partial charge in [-0.15, -0.1) is 0 Å². The van der Waals surface area contributed by atoms with Crippen LogP contribution in [-0.4, -0.2) is 28.7 Å². The molecule has 31 heavy (non-hydrogen) atoms. The number of carbonyl (C=O) groups is 3. The zero-order valence-corrected chi connectivity index (χ0v) is 18.1. The number of fused-ring (bicyclic) bond motifs is 1. The lowest BCUT2D eigenvalue weighted by Crippen LogP contribution is -2.36. The van der Waals surface area contributed by atoms with Gasteiger partial charge >= 0.3 is 0 Å². The Labute approximate surface area is 182 Å². The van der Waals surface area contributed by atoms with E-state index in [1.807, 2.05) is 19.1 Å². The number of nitrogens with one attached hydrogen (secondary N) is 1. The SMILES string of the molecule is Cc1cc(CC(=O)N/C(N)=C/C=C(\N)C2=CCCC=C2)c2c(c1)C(=O)N(C(C)C)C2=O. The molecule has 0 saturated heterocycles. The predicted molar refractivity (Wildman–Crippen MR) is 120 cm³/mol. The number of hydrogen-bond acceptors (Lipinski definition) is 5. The van der Waals surface area contributed by atoms with Gasteiger partial charge in [-0.05, 0) is 68.5 Å². The molecule has 1 aliphatic heterocycles. The van der Waals surface area contributed by atoms with Crippen molar-refractivity contribution in [3.8, 4) is 0 Å². The molecule has 0 unspecified atom stereocenters. The maximum atomic E-state index is 12.8. The molecule has 0 bridgehead atoms. The molecule has 0 saturated carbocycles. The summed E-state index contributed by atoms with van der Waals surface area (Å²) in [6.07, 6.45) is 11.1. The highest BCUT2D eigenvalue weighted by molar-refractivity contribution is 6.22. The van der Waals surface area contributed by atoms with E-state index in [4.69, 9.17) is 11.5 Å². The third-order valence-electron chi connectivity index (χ3n) is 5.17. The van der Waals surface area contributed by atoms with Crippen LogP contribution in [0.25, 0.3) is 0 Å². The molecule has 1 aliphatic carbocycles. The molecule has 0 fully saturated rings. The van der Waals surface area contributed by atoms with Crippen LogP contribution >= 0.6 is 0 Å². The number of nitrogens with zero attached hydrogens (tertiary/aromatic N) is 1. The molecule has 0 radical (unpaired) electrons. The van der Waals surface area contributed by atoms with E-state index in [1.165, 1.54) is 11.0 Å². The van der Waals surface area contributed by atoms with Crippen LogP contribution in [0.2, 0.25) is 0 Å². The highest BCUT2D eigenvalue weighted by Gasteiger charge is 2.39. The molecule has 3 amide bonds. The molecule has 0 aromatic heterocycles. The molecule has 1 heterocycles. The maximum absolute atomic E-state index is 12.8. The van der Waals surface area contributed by atoms with Crippen molar-refractivity contribution in [1.82, 2.24) is 10.2 Å². The summed E-state index contributed by atoms with van der Waals surface area (Å²) >= 11 is 0. The molecular formula is C24H28N4O3. The Balaban J connectivity index is 1.75. The van der Waals surface area contributed by atoms with Crippen molar-refractivity contribution in [1.29, 1.82) is 0 Å². The van der Waals surface area contributed by atoms with Crippen LogP contribution < -0.4 is 16.8 Å². The molecule has 0 spiro atoms. The molecular weight excluding hydrogens is 392 g/mol. The lowest BCUT2D eigenvalue weighted by atomic mass is 9.97. The number of allylic oxidation sites excluding steroid dienone is 5. The fourth-order valence-corrected chi connectivity index (χ4v) is 3.76. The van der Waals surface area contributed by atoms with Crippen molar-refractivity contribution >= 4 is 17.7 Å². The van der Waals surface area contributed by atoms with Gasteiger partial charge in [-0.2, -0.15) is 0 Å². The van der Waals surface area contributed by atoms with Crippen molar-refractivity contribution < 1.29 is 14.4 Å². The second-order valence-corrected chi connectivity index (χ2v) is 8.03. The largest absolute Gasteiger partial charge is 0.398 e. The van der Waals surface area contributed by atoms with Gasteiger partial charge in [-0.25, -0.2) is 0 Å². The lowest BCUT2D eigenvalue weighted by Gasteiger charge is -2.18. The number of rotatable bonds is 6. The lowest BCUT2D eigenvalue weighted by molar-refractivity contribution is -0.119. The summed E-state index contributed by atoms with van der Waals surface area (Å²) in [7, 11) is 0. The van der Waals surface area contributed by atoms with Crippen molar-refractivity contribution in [2.45, 2.75) is 46.1 Å². The number of imide groups is 1. The number of carbonyl (C=O) groups excluding carboxylic acids is 3. The first-order valence-electron chi connectivity index (χ1n) is 10.3. The summed E-state index contributed by atoms with van der Waals surface area (Å²) < 4.78 is 0. The standard InChI is InChI=1S/C24H28N4O3/c1-14(2)28-23(30)18-12-15(3)11-17(22(18)24(28)31)13-21(29)27-20(26)10-9-19(25)16-7-5-4-6-8-16/h5,7-12,14H,4,6,13,25-26H2,1-3H3,(H,27,29)/b19-9-,20-10+. The Bertz CT molecular complexity index is 1060. The van der Waals surface area contributed by atoms with Gasteiger partial charge in [0.2, 0.25) is 5.91 Å². The first-order chi connectivity index (χ1) is 14.7. The number of benzene rings is 1. The highest BCUT2D eigenvalue weighted by atomic mass is 16.2. The van der Waals surface area contributed by atoms with Crippen molar-refractivity contribution in [3.05, 3.63) is 81.9 Å². The van der Waals surface area contributed by atoms with Crippen LogP contribution in [0, 0.1) is 6.92 Å². The number of nitrogens with two attached hydrogens (primary N) is 2. The Morgan fingerprint density at radius 3 is 2.55 bits per heavy atom. The van der Waals surface area contributed by atoms with E-state index in [-0.39, 0.29) is 36.0 Å². The first kappa shape index (κ1) is 22.1. The third kappa shape index (κ3) is 4.77. The Morgan fingerprint density at radius 1 is 1.16 bits per heavy atom. The maximum Gasteiger partial charge on any atom is 0.262 e. The van der Waals surface area contributed by atoms with Crippen LogP contribution in [0.5, 0.6) is 0 Å². The summed E-state index contributed by atoms with van der Waals surface area (Å²) in [6.45, 7) is 5.39. The van der Waals surface area contributed by atoms with E-state index >= 15 is 0 Å². The minimum Gasteiger partial charge on any atom is -0.398 e. The Kier molecular flexibility index (Phi) is 6.44. The van der Waals surface area contributed by atoms with E-state index in [1.54, 1.807) is 32.1 Å². The molecule has 0 atom stereocenters. The van der Waals surface area contributed by atoms with Gasteiger partial charge in [0, 0.05) is 11.7 Å². The quantitative estimate of drug-likeness (QED) is 0.483. The van der Waals surface area contributed by atoms with Gasteiger partial charge in [0.25, 0.3) is 11.8 Å². The van der Waals surface area contributed by atoms with Gasteiger partial charge in [0.15, 0.2) is 0 Å². The van der Waals surface area contributed by atoms with E-state index < -0.39 is 0 Å². The normalized spacial score (nSPS) is 16.6. The molecule has 1 aromatic rings. The fraction of sp³-hybridized carbons (Fsp3) is 0.292. The molecule has 3 rings (SSSR count). The van der Waals surface area contributed by atoms with Crippen LogP contribution in [0.15, 0.2) is 59.6 Å². The van der Waals surface area contributed by atoms with Crippen LogP contribution in [-0.2, 0) is 11.2 Å². The number of amides is 3. The first-order valence-corrected chi connectivity index (χ1v) is 10.3. The van der Waals surface area contributed by atoms with E-state index in [9.17, 15) is 14.4 Å². The van der Waals surface area contributed by atoms with Crippen molar-refractivity contribution in [2.24, 2.45) is 11.5 Å². The summed E-state index contributed by atoms with van der Waals surface area (Å²) in [6, 6.07) is 3.18. The minimum atomic E-state index is -0.381. The second-order valence-electron chi connectivity index (χ2n) is 8.03. The summed E-state index contributed by atoms with van der Waals surface area (Å²) in [4.78, 5) is 39.3. The molecule has 2 aliphatic rings. The van der Waals surface area contributed by atoms with E-state index in [0.29, 0.717) is 22.4 Å². The summed E-state index contributed by atoms with van der Waals surface area (Å²) in [5, 5.41) is 2.61. The zero-order valence-electron chi connectivity index (χ0n) is 18.1. The van der Waals surface area contributed by atoms with Crippen LogP contribution in [0.4, 0.5) is 0 Å². The Morgan fingerprint density at radius 2 is 1.90 bits per heavy atom. The second kappa shape index (κ2) is 9.04. The molecule has 1 aromatic carbocycles. The van der Waals surface area contributed by atoms with Gasteiger partial charge in [-0.1, -0.05) is 24.3 Å². The predicted octanol–water partition coefficient (Wildman–Crippen LogP) is 2.58. The highest BCUT2D eigenvalue weighted by Crippen LogP contribution is 2.29. The fourth-order valence-electron chi connectivity index (χ4n) is 3.76. The third-order valence-corrected chi connectivity index (χ3v) is 5.17.